The van der Waals surface area contributed by atoms with E-state index in [1.807, 2.05) is 51.1 Å². The van der Waals surface area contributed by atoms with Gasteiger partial charge in [-0.25, -0.2) is 0 Å². The molecule has 0 spiro atoms. The number of hydrogen-bond acceptors (Lipinski definition) is 1. The largest absolute Gasteiger partial charge is 0.349 e. The van der Waals surface area contributed by atoms with Crippen LogP contribution in [0.2, 0.25) is 0 Å². The van der Waals surface area contributed by atoms with E-state index in [1.54, 1.807) is 0 Å². The van der Waals surface area contributed by atoms with Crippen molar-refractivity contribution in [1.82, 2.24) is 5.32 Å². The molecule has 1 aromatic carbocycles. The van der Waals surface area contributed by atoms with Crippen molar-refractivity contribution < 1.29 is 4.79 Å². The van der Waals surface area contributed by atoms with Crippen molar-refractivity contribution in [1.29, 1.82) is 0 Å². The Morgan fingerprint density at radius 1 is 1.27 bits per heavy atom. The van der Waals surface area contributed by atoms with E-state index in [1.165, 1.54) is 0 Å². The molecule has 0 radical (unpaired) electrons. The molecule has 0 saturated carbocycles. The van der Waals surface area contributed by atoms with Crippen LogP contribution in [0.5, 0.6) is 0 Å². The minimum Gasteiger partial charge on any atom is -0.349 e. The zero-order chi connectivity index (χ0) is 11.3. The first-order chi connectivity index (χ1) is 7.15. The van der Waals surface area contributed by atoms with Gasteiger partial charge in [-0.15, -0.1) is 0 Å². The second-order valence-corrected chi connectivity index (χ2v) is 3.95. The summed E-state index contributed by atoms with van der Waals surface area (Å²) in [5.41, 5.74) is 1.15. The Kier molecular flexibility index (Phi) is 4.35. The Bertz CT molecular complexity index is 308. The molecule has 0 fully saturated rings. The summed E-state index contributed by atoms with van der Waals surface area (Å²) in [5.74, 6) is 0.227. The number of nitrogens with one attached hydrogen (secondary N) is 1. The first kappa shape index (κ1) is 11.8. The van der Waals surface area contributed by atoms with E-state index in [0.717, 1.165) is 12.0 Å². The van der Waals surface area contributed by atoms with E-state index in [4.69, 9.17) is 0 Å². The molecule has 2 nitrogen and oxygen atoms in total. The molecule has 1 N–H and O–H groups in total. The van der Waals surface area contributed by atoms with Crippen LogP contribution < -0.4 is 5.32 Å². The number of benzene rings is 1. The number of hydrogen-bond donors (Lipinski definition) is 1. The molecule has 0 aromatic heterocycles. The molecule has 1 amide bonds. The summed E-state index contributed by atoms with van der Waals surface area (Å²) in [7, 11) is 0. The van der Waals surface area contributed by atoms with Crippen molar-refractivity contribution in [2.75, 3.05) is 0 Å². The molecule has 0 aliphatic carbocycles. The second-order valence-electron chi connectivity index (χ2n) is 3.95. The van der Waals surface area contributed by atoms with Gasteiger partial charge in [0.05, 0.1) is 6.04 Å². The predicted molar refractivity (Wildman–Crippen MR) is 62.5 cm³/mol. The van der Waals surface area contributed by atoms with Gasteiger partial charge >= 0.3 is 0 Å². The van der Waals surface area contributed by atoms with Crippen molar-refractivity contribution in [2.24, 2.45) is 5.92 Å². The Hall–Kier alpha value is -1.31. The lowest BCUT2D eigenvalue weighted by Gasteiger charge is -2.16. The van der Waals surface area contributed by atoms with Crippen LogP contribution in [0, 0.1) is 5.92 Å². The fourth-order valence-electron chi connectivity index (χ4n) is 1.37. The number of carbonyl (C=O) groups is 1. The number of amides is 1. The average Bonchev–Trinajstić information content (AvgIpc) is 2.29. The molecule has 1 aromatic rings. The van der Waals surface area contributed by atoms with Crippen molar-refractivity contribution in [3.05, 3.63) is 35.9 Å². The van der Waals surface area contributed by atoms with Gasteiger partial charge in [0.15, 0.2) is 0 Å². The predicted octanol–water partition coefficient (Wildman–Crippen LogP) is 2.91. The van der Waals surface area contributed by atoms with Crippen molar-refractivity contribution in [2.45, 2.75) is 33.2 Å². The van der Waals surface area contributed by atoms with Gasteiger partial charge in [0, 0.05) is 5.92 Å². The highest BCUT2D eigenvalue weighted by atomic mass is 16.1. The SMILES string of the molecule is CCC(C)C(=O)NC(C)c1ccccc1. The summed E-state index contributed by atoms with van der Waals surface area (Å²) in [5, 5.41) is 3.01. The zero-order valence-electron chi connectivity index (χ0n) is 9.66. The molecule has 15 heavy (non-hydrogen) atoms. The summed E-state index contributed by atoms with van der Waals surface area (Å²) in [6.07, 6.45) is 0.882. The maximum Gasteiger partial charge on any atom is 0.223 e. The maximum atomic E-state index is 11.6. The van der Waals surface area contributed by atoms with Gasteiger partial charge in [0.2, 0.25) is 5.91 Å². The van der Waals surface area contributed by atoms with Gasteiger partial charge in [0.25, 0.3) is 0 Å². The van der Waals surface area contributed by atoms with E-state index >= 15 is 0 Å². The van der Waals surface area contributed by atoms with Crippen LogP contribution in [0.15, 0.2) is 30.3 Å². The average molecular weight is 205 g/mol. The third-order valence-corrected chi connectivity index (χ3v) is 2.72. The normalized spacial score (nSPS) is 14.3. The molecule has 2 unspecified atom stereocenters. The highest BCUT2D eigenvalue weighted by Crippen LogP contribution is 2.12. The third kappa shape index (κ3) is 3.39. The van der Waals surface area contributed by atoms with Crippen LogP contribution in [-0.2, 0) is 4.79 Å². The molecular weight excluding hydrogens is 186 g/mol. The molecule has 82 valence electrons. The van der Waals surface area contributed by atoms with Gasteiger partial charge in [-0.05, 0) is 18.9 Å². The lowest BCUT2D eigenvalue weighted by molar-refractivity contribution is -0.125. The zero-order valence-corrected chi connectivity index (χ0v) is 9.66. The lowest BCUT2D eigenvalue weighted by atomic mass is 10.1. The fourth-order valence-corrected chi connectivity index (χ4v) is 1.37. The topological polar surface area (TPSA) is 29.1 Å². The molecule has 1 rings (SSSR count). The van der Waals surface area contributed by atoms with E-state index in [9.17, 15) is 4.79 Å². The molecule has 2 atom stereocenters. The summed E-state index contributed by atoms with van der Waals surface area (Å²) >= 11 is 0. The van der Waals surface area contributed by atoms with Crippen molar-refractivity contribution >= 4 is 5.91 Å². The van der Waals surface area contributed by atoms with Crippen LogP contribution in [0.1, 0.15) is 38.8 Å². The molecule has 0 saturated heterocycles. The highest BCUT2D eigenvalue weighted by Gasteiger charge is 2.13. The maximum absolute atomic E-state index is 11.6. The third-order valence-electron chi connectivity index (χ3n) is 2.72. The second kappa shape index (κ2) is 5.54. The van der Waals surface area contributed by atoms with Gasteiger partial charge in [0.1, 0.15) is 0 Å². The van der Waals surface area contributed by atoms with Crippen LogP contribution in [0.25, 0.3) is 0 Å². The summed E-state index contributed by atoms with van der Waals surface area (Å²) < 4.78 is 0. The molecule has 0 bridgehead atoms. The van der Waals surface area contributed by atoms with Gasteiger partial charge in [-0.2, -0.15) is 0 Å². The molecule has 0 aliphatic rings. The van der Waals surface area contributed by atoms with E-state index < -0.39 is 0 Å². The smallest absolute Gasteiger partial charge is 0.223 e. The first-order valence-electron chi connectivity index (χ1n) is 5.50. The van der Waals surface area contributed by atoms with Gasteiger partial charge in [-0.3, -0.25) is 4.79 Å². The van der Waals surface area contributed by atoms with Crippen molar-refractivity contribution in [3.8, 4) is 0 Å². The first-order valence-corrected chi connectivity index (χ1v) is 5.50. The molecular formula is C13H19NO. The van der Waals surface area contributed by atoms with Crippen LogP contribution in [0.4, 0.5) is 0 Å². The lowest BCUT2D eigenvalue weighted by Crippen LogP contribution is -2.31. The highest BCUT2D eigenvalue weighted by molar-refractivity contribution is 5.78. The fraction of sp³-hybridized carbons (Fsp3) is 0.462. The Morgan fingerprint density at radius 3 is 2.40 bits per heavy atom. The van der Waals surface area contributed by atoms with Crippen LogP contribution in [0.3, 0.4) is 0 Å². The Balaban J connectivity index is 2.56. The molecule has 2 heteroatoms. The summed E-state index contributed by atoms with van der Waals surface area (Å²) in [4.78, 5) is 11.6. The molecule has 0 heterocycles. The van der Waals surface area contributed by atoms with E-state index in [2.05, 4.69) is 5.32 Å². The minimum atomic E-state index is 0.0905. The number of rotatable bonds is 4. The van der Waals surface area contributed by atoms with Gasteiger partial charge in [-0.1, -0.05) is 44.2 Å². The van der Waals surface area contributed by atoms with Gasteiger partial charge < -0.3 is 5.32 Å². The monoisotopic (exact) mass is 205 g/mol. The Morgan fingerprint density at radius 2 is 1.87 bits per heavy atom. The quantitative estimate of drug-likeness (QED) is 0.804. The summed E-state index contributed by atoms with van der Waals surface area (Å²) in [6.45, 7) is 5.99. The van der Waals surface area contributed by atoms with E-state index in [-0.39, 0.29) is 17.9 Å². The minimum absolute atomic E-state index is 0.0905. The molecule has 0 aliphatic heterocycles. The van der Waals surface area contributed by atoms with Crippen LogP contribution in [-0.4, -0.2) is 5.91 Å². The van der Waals surface area contributed by atoms with Crippen molar-refractivity contribution in [3.63, 3.8) is 0 Å². The number of carbonyl (C=O) groups excluding carboxylic acids is 1. The van der Waals surface area contributed by atoms with E-state index in [0.29, 0.717) is 0 Å². The standard InChI is InChI=1S/C13H19NO/c1-4-10(2)13(15)14-11(3)12-8-6-5-7-9-12/h5-11H,4H2,1-3H3,(H,14,15). The van der Waals surface area contributed by atoms with Crippen LogP contribution >= 0.6 is 0 Å². The summed E-state index contributed by atoms with van der Waals surface area (Å²) in [6, 6.07) is 10.1. The Labute approximate surface area is 91.7 Å².